The van der Waals surface area contributed by atoms with E-state index in [1.807, 2.05) is 0 Å². The number of sulfonamides is 1. The topological polar surface area (TPSA) is 76.0 Å². The number of thioether (sulfide) groups is 1. The van der Waals surface area contributed by atoms with Crippen LogP contribution in [0.2, 0.25) is 0 Å². The first kappa shape index (κ1) is 11.4. The highest BCUT2D eigenvalue weighted by atomic mass is 32.3. The fraction of sp³-hybridized carbons (Fsp3) is 0.222. The van der Waals surface area contributed by atoms with Gasteiger partial charge in [0.15, 0.2) is 0 Å². The molecule has 0 fully saturated rings. The maximum Gasteiger partial charge on any atom is 0.268 e. The Morgan fingerprint density at radius 3 is 2.94 bits per heavy atom. The van der Waals surface area contributed by atoms with Crippen LogP contribution in [0.25, 0.3) is 0 Å². The van der Waals surface area contributed by atoms with Crippen LogP contribution in [0.15, 0.2) is 28.7 Å². The van der Waals surface area contributed by atoms with Crippen molar-refractivity contribution in [3.05, 3.63) is 29.8 Å². The van der Waals surface area contributed by atoms with Gasteiger partial charge in [-0.05, 0) is 29.5 Å². The third-order valence-electron chi connectivity index (χ3n) is 1.83. The van der Waals surface area contributed by atoms with E-state index in [-0.39, 0.29) is 16.9 Å². The summed E-state index contributed by atoms with van der Waals surface area (Å²) in [6.45, 7) is -0.0882. The maximum atomic E-state index is 11.0. The number of benzene rings is 1. The smallest absolute Gasteiger partial charge is 0.268 e. The average molecular weight is 259 g/mol. The minimum Gasteiger partial charge on any atom is -0.433 e. The second-order valence-electron chi connectivity index (χ2n) is 3.11. The zero-order chi connectivity index (χ0) is 11.6. The number of rotatable bonds is 2. The van der Waals surface area contributed by atoms with Crippen molar-refractivity contribution in [3.63, 3.8) is 0 Å². The van der Waals surface area contributed by atoms with E-state index in [1.165, 1.54) is 0 Å². The molecular formula is C9H9NO4S2. The molecule has 0 spiro atoms. The quantitative estimate of drug-likeness (QED) is 0.855. The molecule has 0 atom stereocenters. The van der Waals surface area contributed by atoms with Crippen LogP contribution in [0.3, 0.4) is 0 Å². The molecule has 0 saturated carbocycles. The van der Waals surface area contributed by atoms with Gasteiger partial charge in [0.1, 0.15) is 10.8 Å². The number of aliphatic hydroxyl groups excluding tert-OH is 1. The van der Waals surface area contributed by atoms with E-state index in [1.54, 1.807) is 24.3 Å². The molecule has 7 heteroatoms. The Morgan fingerprint density at radius 2 is 2.31 bits per heavy atom. The van der Waals surface area contributed by atoms with Gasteiger partial charge in [0.2, 0.25) is 0 Å². The number of hydrogen-bond donors (Lipinski definition) is 1. The molecule has 0 saturated heterocycles. The zero-order valence-electron chi connectivity index (χ0n) is 8.16. The van der Waals surface area contributed by atoms with E-state index in [0.717, 1.165) is 11.8 Å². The Hall–Kier alpha value is -1.05. The summed E-state index contributed by atoms with van der Waals surface area (Å²) in [5.74, 6) is 0.468. The highest BCUT2D eigenvalue weighted by Crippen LogP contribution is 2.23. The lowest BCUT2D eigenvalue weighted by Gasteiger charge is -2.04. The fourth-order valence-electron chi connectivity index (χ4n) is 1.15. The van der Waals surface area contributed by atoms with Gasteiger partial charge in [-0.3, -0.25) is 0 Å². The van der Waals surface area contributed by atoms with Gasteiger partial charge in [-0.1, -0.05) is 12.1 Å². The molecule has 5 nitrogen and oxygen atoms in total. The minimum atomic E-state index is -3.35. The second kappa shape index (κ2) is 4.44. The largest absolute Gasteiger partial charge is 0.433 e. The van der Waals surface area contributed by atoms with Gasteiger partial charge in [0.05, 0.1) is 6.61 Å². The average Bonchev–Trinajstić information content (AvgIpc) is 2.58. The van der Waals surface area contributed by atoms with Crippen LogP contribution in [0.1, 0.15) is 5.56 Å². The van der Waals surface area contributed by atoms with Crippen molar-refractivity contribution < 1.29 is 18.3 Å². The van der Waals surface area contributed by atoms with E-state index >= 15 is 0 Å². The lowest BCUT2D eigenvalue weighted by Crippen LogP contribution is -2.00. The molecule has 0 bridgehead atoms. The van der Waals surface area contributed by atoms with Gasteiger partial charge >= 0.3 is 0 Å². The molecule has 1 heterocycles. The minimum absolute atomic E-state index is 0.0813. The lowest BCUT2D eigenvalue weighted by molar-refractivity contribution is 0.281. The number of hydrogen-bond acceptors (Lipinski definition) is 5. The normalized spacial score (nSPS) is 18.2. The van der Waals surface area contributed by atoms with Gasteiger partial charge in [-0.15, -0.1) is 4.40 Å². The van der Waals surface area contributed by atoms with Gasteiger partial charge < -0.3 is 9.84 Å². The molecular weight excluding hydrogens is 250 g/mol. The van der Waals surface area contributed by atoms with Crippen LogP contribution in [0.5, 0.6) is 5.75 Å². The second-order valence-corrected chi connectivity index (χ2v) is 6.04. The Labute approximate surface area is 97.2 Å². The van der Waals surface area contributed by atoms with Crippen LogP contribution in [-0.4, -0.2) is 23.8 Å². The van der Waals surface area contributed by atoms with Crippen molar-refractivity contribution in [2.24, 2.45) is 4.40 Å². The highest BCUT2D eigenvalue weighted by molar-refractivity contribution is 8.24. The van der Waals surface area contributed by atoms with Crippen molar-refractivity contribution in [2.45, 2.75) is 6.61 Å². The highest BCUT2D eigenvalue weighted by Gasteiger charge is 2.22. The van der Waals surface area contributed by atoms with Crippen molar-refractivity contribution in [1.82, 2.24) is 0 Å². The number of ether oxygens (including phenoxy) is 1. The Kier molecular flexibility index (Phi) is 3.17. The number of aliphatic hydroxyl groups is 1. The molecule has 2 rings (SSSR count). The molecule has 0 amide bonds. The van der Waals surface area contributed by atoms with Gasteiger partial charge in [-0.2, -0.15) is 0 Å². The van der Waals surface area contributed by atoms with E-state index in [4.69, 9.17) is 9.84 Å². The van der Waals surface area contributed by atoms with Crippen LogP contribution in [0, 0.1) is 0 Å². The summed E-state index contributed by atoms with van der Waals surface area (Å²) in [7, 11) is -3.35. The number of nitrogens with zero attached hydrogens (tertiary/aromatic N) is 1. The fourth-order valence-corrected chi connectivity index (χ4v) is 3.33. The monoisotopic (exact) mass is 259 g/mol. The van der Waals surface area contributed by atoms with Crippen LogP contribution >= 0.6 is 11.8 Å². The summed E-state index contributed by atoms with van der Waals surface area (Å²) in [4.78, 5) is 0. The van der Waals surface area contributed by atoms with Crippen molar-refractivity contribution in [3.8, 4) is 5.75 Å². The van der Waals surface area contributed by atoms with Gasteiger partial charge in [0, 0.05) is 0 Å². The molecule has 1 aromatic carbocycles. The zero-order valence-corrected chi connectivity index (χ0v) is 9.79. The summed E-state index contributed by atoms with van der Waals surface area (Å²) in [5.41, 5.74) is 0.698. The first-order valence-electron chi connectivity index (χ1n) is 4.42. The molecule has 0 aliphatic carbocycles. The lowest BCUT2D eigenvalue weighted by atomic mass is 10.2. The maximum absolute atomic E-state index is 11.0. The van der Waals surface area contributed by atoms with E-state index in [9.17, 15) is 8.42 Å². The van der Waals surface area contributed by atoms with Crippen molar-refractivity contribution >= 4 is 27.0 Å². The Morgan fingerprint density at radius 1 is 1.50 bits per heavy atom. The van der Waals surface area contributed by atoms with E-state index < -0.39 is 10.0 Å². The molecule has 0 unspecified atom stereocenters. The Bertz CT molecular complexity index is 524. The van der Waals surface area contributed by atoms with Gasteiger partial charge in [-0.25, -0.2) is 8.42 Å². The van der Waals surface area contributed by atoms with Crippen molar-refractivity contribution in [2.75, 3.05) is 5.08 Å². The van der Waals surface area contributed by atoms with E-state index in [0.29, 0.717) is 11.3 Å². The third-order valence-corrected chi connectivity index (χ3v) is 4.48. The summed E-state index contributed by atoms with van der Waals surface area (Å²) in [6, 6.07) is 6.77. The predicted molar refractivity (Wildman–Crippen MR) is 61.8 cm³/mol. The summed E-state index contributed by atoms with van der Waals surface area (Å²) >= 11 is 1.03. The summed E-state index contributed by atoms with van der Waals surface area (Å²) in [5, 5.41) is 8.96. The van der Waals surface area contributed by atoms with E-state index in [2.05, 4.69) is 4.40 Å². The summed E-state index contributed by atoms with van der Waals surface area (Å²) < 4.78 is 30.8. The standard InChI is InChI=1S/C9H9NO4S2/c11-5-7-2-1-3-8(4-7)14-9-10-16(12,13)6-15-9/h1-4,11H,5-6H2. The van der Waals surface area contributed by atoms with Crippen LogP contribution < -0.4 is 4.74 Å². The summed E-state index contributed by atoms with van der Waals surface area (Å²) in [6.07, 6.45) is 0. The predicted octanol–water partition coefficient (Wildman–Crippen LogP) is 0.948. The molecule has 1 aromatic rings. The third kappa shape index (κ3) is 2.75. The molecule has 86 valence electrons. The Balaban J connectivity index is 2.16. The van der Waals surface area contributed by atoms with Crippen molar-refractivity contribution in [1.29, 1.82) is 0 Å². The molecule has 0 radical (unpaired) electrons. The SMILES string of the molecule is O=S1(=O)CSC(Oc2cccc(CO)c2)=N1. The first-order chi connectivity index (χ1) is 7.59. The molecule has 1 N–H and O–H groups in total. The first-order valence-corrected chi connectivity index (χ1v) is 7.02. The van der Waals surface area contributed by atoms with Gasteiger partial charge in [0.25, 0.3) is 15.3 Å². The molecule has 16 heavy (non-hydrogen) atoms. The van der Waals surface area contributed by atoms with Crippen LogP contribution in [0.4, 0.5) is 0 Å². The molecule has 1 aliphatic rings. The van der Waals surface area contributed by atoms with Crippen LogP contribution in [-0.2, 0) is 16.6 Å². The molecule has 1 aliphatic heterocycles. The molecule has 0 aromatic heterocycles.